The molecule has 2 rings (SSSR count). The molecule has 1 aliphatic rings. The van der Waals surface area contributed by atoms with Gasteiger partial charge in [0.25, 0.3) is 0 Å². The number of nitrogen functional groups attached to an aromatic ring is 1. The van der Waals surface area contributed by atoms with Crippen molar-refractivity contribution in [1.82, 2.24) is 0 Å². The summed E-state index contributed by atoms with van der Waals surface area (Å²) in [6, 6.07) is 5.64. The molecule has 1 aromatic rings. The number of anilines is 1. The van der Waals surface area contributed by atoms with Crippen LogP contribution in [-0.4, -0.2) is 12.9 Å². The zero-order valence-electron chi connectivity index (χ0n) is 7.19. The Morgan fingerprint density at radius 1 is 1.54 bits per heavy atom. The molecule has 68 valence electrons. The first kappa shape index (κ1) is 8.26. The van der Waals surface area contributed by atoms with Gasteiger partial charge in [-0.25, -0.2) is 0 Å². The number of carbonyl (C=O) groups is 1. The molecule has 3 heteroatoms. The smallest absolute Gasteiger partial charge is 0.129 e. The van der Waals surface area contributed by atoms with Crippen molar-refractivity contribution in [3.63, 3.8) is 0 Å². The second kappa shape index (κ2) is 3.18. The van der Waals surface area contributed by atoms with E-state index < -0.39 is 0 Å². The molecule has 1 aliphatic heterocycles. The Morgan fingerprint density at radius 3 is 3.15 bits per heavy atom. The average Bonchev–Trinajstić information content (AvgIpc) is 2.18. The minimum absolute atomic E-state index is 0.146. The van der Waals surface area contributed by atoms with Crippen LogP contribution in [0, 0.1) is 0 Å². The van der Waals surface area contributed by atoms with Crippen molar-refractivity contribution in [1.29, 1.82) is 0 Å². The lowest BCUT2D eigenvalue weighted by atomic mass is 9.93. The van der Waals surface area contributed by atoms with Gasteiger partial charge in [-0.1, -0.05) is 12.1 Å². The van der Waals surface area contributed by atoms with Crippen molar-refractivity contribution < 1.29 is 9.53 Å². The topological polar surface area (TPSA) is 52.3 Å². The van der Waals surface area contributed by atoms with Crippen molar-refractivity contribution in [3.05, 3.63) is 29.3 Å². The maximum atomic E-state index is 10.7. The summed E-state index contributed by atoms with van der Waals surface area (Å²) in [6.07, 6.45) is 0.914. The maximum absolute atomic E-state index is 10.7. The van der Waals surface area contributed by atoms with Crippen molar-refractivity contribution in [2.24, 2.45) is 0 Å². The number of hydrogen-bond donors (Lipinski definition) is 1. The Balaban J connectivity index is 2.51. The predicted molar refractivity (Wildman–Crippen MR) is 49.3 cm³/mol. The minimum atomic E-state index is -0.146. The highest BCUT2D eigenvalue weighted by Crippen LogP contribution is 2.28. The Bertz CT molecular complexity index is 336. The minimum Gasteiger partial charge on any atom is -0.398 e. The van der Waals surface area contributed by atoms with Crippen molar-refractivity contribution in [2.45, 2.75) is 12.5 Å². The summed E-state index contributed by atoms with van der Waals surface area (Å²) in [5.41, 5.74) is 8.45. The van der Waals surface area contributed by atoms with Crippen LogP contribution in [0.5, 0.6) is 0 Å². The molecule has 0 saturated heterocycles. The molecule has 1 heterocycles. The molecule has 0 saturated carbocycles. The molecule has 0 radical (unpaired) electrons. The maximum Gasteiger partial charge on any atom is 0.129 e. The first-order valence-electron chi connectivity index (χ1n) is 4.23. The molecular weight excluding hydrogens is 166 g/mol. The van der Waals surface area contributed by atoms with Crippen LogP contribution in [0.4, 0.5) is 5.69 Å². The Kier molecular flexibility index (Phi) is 2.02. The standard InChI is InChI=1S/C10H11NO2/c11-10-3-1-2-8-7(4-12)5-13-6-9(8)10/h1-4,7H,5-6,11H2. The summed E-state index contributed by atoms with van der Waals surface area (Å²) in [5.74, 6) is -0.146. The summed E-state index contributed by atoms with van der Waals surface area (Å²) in [5, 5.41) is 0. The fourth-order valence-corrected chi connectivity index (χ4v) is 1.63. The zero-order chi connectivity index (χ0) is 9.26. The lowest BCUT2D eigenvalue weighted by molar-refractivity contribution is -0.110. The SMILES string of the molecule is Nc1cccc2c1COCC2C=O. The first-order chi connectivity index (χ1) is 6.33. The van der Waals surface area contributed by atoms with Crippen LogP contribution in [0.25, 0.3) is 0 Å². The van der Waals surface area contributed by atoms with Gasteiger partial charge in [-0.2, -0.15) is 0 Å². The second-order valence-electron chi connectivity index (χ2n) is 3.17. The molecule has 2 N–H and O–H groups in total. The van der Waals surface area contributed by atoms with Gasteiger partial charge in [0.15, 0.2) is 0 Å². The van der Waals surface area contributed by atoms with Gasteiger partial charge in [0.2, 0.25) is 0 Å². The summed E-state index contributed by atoms with van der Waals surface area (Å²) >= 11 is 0. The fourth-order valence-electron chi connectivity index (χ4n) is 1.63. The molecule has 1 unspecified atom stereocenters. The number of nitrogens with two attached hydrogens (primary N) is 1. The van der Waals surface area contributed by atoms with Crippen LogP contribution in [-0.2, 0) is 16.1 Å². The molecule has 0 aliphatic carbocycles. The fraction of sp³-hybridized carbons (Fsp3) is 0.300. The van der Waals surface area contributed by atoms with E-state index in [4.69, 9.17) is 10.5 Å². The van der Waals surface area contributed by atoms with E-state index in [1.165, 1.54) is 0 Å². The molecule has 3 nitrogen and oxygen atoms in total. The Morgan fingerprint density at radius 2 is 2.38 bits per heavy atom. The van der Waals surface area contributed by atoms with E-state index in [1.54, 1.807) is 0 Å². The largest absolute Gasteiger partial charge is 0.398 e. The normalized spacial score (nSPS) is 20.8. The molecule has 1 aromatic carbocycles. The van der Waals surface area contributed by atoms with E-state index in [9.17, 15) is 4.79 Å². The third-order valence-electron chi connectivity index (χ3n) is 2.36. The highest BCUT2D eigenvalue weighted by Gasteiger charge is 2.21. The lowest BCUT2D eigenvalue weighted by Gasteiger charge is -2.22. The van der Waals surface area contributed by atoms with Crippen molar-refractivity contribution >= 4 is 12.0 Å². The van der Waals surface area contributed by atoms with Crippen molar-refractivity contribution in [2.75, 3.05) is 12.3 Å². The van der Waals surface area contributed by atoms with Gasteiger partial charge in [0.1, 0.15) is 6.29 Å². The number of benzene rings is 1. The molecule has 0 spiro atoms. The van der Waals surface area contributed by atoms with Crippen molar-refractivity contribution in [3.8, 4) is 0 Å². The van der Waals surface area contributed by atoms with Crippen LogP contribution in [0.15, 0.2) is 18.2 Å². The number of aldehydes is 1. The monoisotopic (exact) mass is 177 g/mol. The van der Waals surface area contributed by atoms with E-state index in [2.05, 4.69) is 0 Å². The van der Waals surface area contributed by atoms with E-state index in [-0.39, 0.29) is 5.92 Å². The van der Waals surface area contributed by atoms with Crippen LogP contribution in [0.1, 0.15) is 17.0 Å². The van der Waals surface area contributed by atoms with Gasteiger partial charge in [0.05, 0.1) is 19.1 Å². The Hall–Kier alpha value is -1.35. The van der Waals surface area contributed by atoms with Gasteiger partial charge in [-0.3, -0.25) is 0 Å². The number of hydrogen-bond acceptors (Lipinski definition) is 3. The average molecular weight is 177 g/mol. The quantitative estimate of drug-likeness (QED) is 0.516. The van der Waals surface area contributed by atoms with E-state index in [1.807, 2.05) is 18.2 Å². The summed E-state index contributed by atoms with van der Waals surface area (Å²) < 4.78 is 5.27. The number of ether oxygens (including phenoxy) is 1. The molecule has 13 heavy (non-hydrogen) atoms. The first-order valence-corrected chi connectivity index (χ1v) is 4.23. The highest BCUT2D eigenvalue weighted by atomic mass is 16.5. The van der Waals surface area contributed by atoms with E-state index >= 15 is 0 Å². The van der Waals surface area contributed by atoms with E-state index in [0.29, 0.717) is 18.9 Å². The van der Waals surface area contributed by atoms with Crippen LogP contribution >= 0.6 is 0 Å². The van der Waals surface area contributed by atoms with Crippen LogP contribution in [0.2, 0.25) is 0 Å². The third-order valence-corrected chi connectivity index (χ3v) is 2.36. The molecule has 0 fully saturated rings. The summed E-state index contributed by atoms with van der Waals surface area (Å²) in [6.45, 7) is 0.992. The van der Waals surface area contributed by atoms with Crippen LogP contribution < -0.4 is 5.73 Å². The lowest BCUT2D eigenvalue weighted by Crippen LogP contribution is -2.18. The second-order valence-corrected chi connectivity index (χ2v) is 3.17. The van der Waals surface area contributed by atoms with Gasteiger partial charge in [-0.15, -0.1) is 0 Å². The van der Waals surface area contributed by atoms with Gasteiger partial charge in [-0.05, 0) is 11.6 Å². The third kappa shape index (κ3) is 1.31. The molecule has 1 atom stereocenters. The number of carbonyl (C=O) groups excluding carboxylic acids is 1. The number of fused-ring (bicyclic) bond motifs is 1. The molecule has 0 bridgehead atoms. The predicted octanol–water partition coefficient (Wildman–Crippen LogP) is 1.08. The highest BCUT2D eigenvalue weighted by molar-refractivity contribution is 5.67. The molecule has 0 aromatic heterocycles. The molecular formula is C10H11NO2. The number of rotatable bonds is 1. The molecule has 0 amide bonds. The van der Waals surface area contributed by atoms with Gasteiger partial charge >= 0.3 is 0 Å². The summed E-state index contributed by atoms with van der Waals surface area (Å²) in [7, 11) is 0. The van der Waals surface area contributed by atoms with E-state index in [0.717, 1.165) is 17.4 Å². The Labute approximate surface area is 76.5 Å². The van der Waals surface area contributed by atoms with Gasteiger partial charge < -0.3 is 15.3 Å². The zero-order valence-corrected chi connectivity index (χ0v) is 7.19. The van der Waals surface area contributed by atoms with Gasteiger partial charge in [0, 0.05) is 11.3 Å². The summed E-state index contributed by atoms with van der Waals surface area (Å²) in [4.78, 5) is 10.7. The van der Waals surface area contributed by atoms with Crippen LogP contribution in [0.3, 0.4) is 0 Å².